The van der Waals surface area contributed by atoms with Crippen LogP contribution in [0.1, 0.15) is 51.2 Å². The van der Waals surface area contributed by atoms with Gasteiger partial charge < -0.3 is 24.7 Å². The van der Waals surface area contributed by atoms with Crippen molar-refractivity contribution in [1.29, 1.82) is 5.26 Å². The molecule has 0 unspecified atom stereocenters. The minimum Gasteiger partial charge on any atom is -0.465 e. The third kappa shape index (κ3) is 5.31. The Morgan fingerprint density at radius 3 is 2.86 bits per heavy atom. The van der Waals surface area contributed by atoms with Crippen LogP contribution in [0.4, 0.5) is 5.13 Å². The second kappa shape index (κ2) is 11.3. The Hall–Kier alpha value is -3.47. The molecule has 37 heavy (non-hydrogen) atoms. The molecule has 2 N–H and O–H groups in total. The number of nitrogens with one attached hydrogen (secondary N) is 2. The Kier molecular flexibility index (Phi) is 8.11. The molecule has 0 bridgehead atoms. The van der Waals surface area contributed by atoms with Crippen LogP contribution in [-0.4, -0.2) is 75.6 Å². The number of aryl methyl sites for hydroxylation is 2. The summed E-state index contributed by atoms with van der Waals surface area (Å²) < 4.78 is 12.6. The summed E-state index contributed by atoms with van der Waals surface area (Å²) in [5.41, 5.74) is 1.21. The van der Waals surface area contributed by atoms with E-state index in [4.69, 9.17) is 26.1 Å². The molecule has 0 spiro atoms. The van der Waals surface area contributed by atoms with Gasteiger partial charge >= 0.3 is 5.97 Å². The number of piperidine rings is 1. The van der Waals surface area contributed by atoms with Gasteiger partial charge in [-0.1, -0.05) is 29.9 Å². The highest BCUT2D eigenvalue weighted by Crippen LogP contribution is 2.34. The van der Waals surface area contributed by atoms with E-state index in [9.17, 15) is 14.9 Å². The highest BCUT2D eigenvalue weighted by atomic mass is 35.5. The first-order chi connectivity index (χ1) is 17.8. The zero-order valence-corrected chi connectivity index (χ0v) is 22.4. The number of hydrogen-bond acceptors (Lipinski definition) is 10. The molecule has 0 radical (unpaired) electrons. The van der Waals surface area contributed by atoms with Crippen LogP contribution in [0.2, 0.25) is 5.02 Å². The summed E-state index contributed by atoms with van der Waals surface area (Å²) in [7, 11) is 3.04. The van der Waals surface area contributed by atoms with E-state index in [2.05, 4.69) is 20.4 Å². The van der Waals surface area contributed by atoms with Crippen molar-refractivity contribution in [2.75, 3.05) is 31.7 Å². The molecule has 3 aromatic heterocycles. The van der Waals surface area contributed by atoms with E-state index < -0.39 is 11.9 Å². The van der Waals surface area contributed by atoms with Crippen LogP contribution in [0.15, 0.2) is 6.33 Å². The van der Waals surface area contributed by atoms with Crippen molar-refractivity contribution in [3.63, 3.8) is 0 Å². The van der Waals surface area contributed by atoms with E-state index >= 15 is 0 Å². The number of methoxy groups -OCH3 is 1. The molecule has 1 amide bonds. The smallest absolute Gasteiger partial charge is 0.350 e. The topological polar surface area (TPSA) is 151 Å². The molecule has 196 valence electrons. The van der Waals surface area contributed by atoms with Gasteiger partial charge in [0.15, 0.2) is 11.0 Å². The lowest BCUT2D eigenvalue weighted by molar-refractivity contribution is 0.0205. The lowest BCUT2D eigenvalue weighted by Crippen LogP contribution is -2.55. The number of anilines is 1. The van der Waals surface area contributed by atoms with E-state index in [-0.39, 0.29) is 28.4 Å². The summed E-state index contributed by atoms with van der Waals surface area (Å²) in [4.78, 5) is 39.8. The lowest BCUT2D eigenvalue weighted by atomic mass is 10.0. The average molecular weight is 547 g/mol. The van der Waals surface area contributed by atoms with Crippen molar-refractivity contribution in [1.82, 2.24) is 30.0 Å². The van der Waals surface area contributed by atoms with Crippen LogP contribution in [0, 0.1) is 18.3 Å². The van der Waals surface area contributed by atoms with Gasteiger partial charge in [-0.25, -0.2) is 19.4 Å². The zero-order chi connectivity index (χ0) is 26.7. The third-order valence-electron chi connectivity index (χ3n) is 6.04. The third-order valence-corrected chi connectivity index (χ3v) is 7.61. The van der Waals surface area contributed by atoms with E-state index in [1.54, 1.807) is 18.7 Å². The fourth-order valence-electron chi connectivity index (χ4n) is 4.15. The van der Waals surface area contributed by atoms with Crippen LogP contribution in [-0.2, 0) is 16.5 Å². The van der Waals surface area contributed by atoms with Gasteiger partial charge in [0.05, 0.1) is 24.3 Å². The number of nitrogens with zero attached hydrogens (tertiary/aromatic N) is 6. The predicted octanol–water partition coefficient (Wildman–Crippen LogP) is 2.69. The Labute approximate surface area is 222 Å². The minimum absolute atomic E-state index is 0.120. The molecule has 1 saturated heterocycles. The monoisotopic (exact) mass is 546 g/mol. The number of carbonyl (C=O) groups is 2. The molecule has 1 fully saturated rings. The fraction of sp³-hybridized carbons (Fsp3) is 0.478. The molecule has 14 heteroatoms. The summed E-state index contributed by atoms with van der Waals surface area (Å²) in [5.74, 6) is -0.463. The molecule has 4 heterocycles. The second-order valence-electron chi connectivity index (χ2n) is 8.52. The fourth-order valence-corrected chi connectivity index (χ4v) is 5.35. The maximum Gasteiger partial charge on any atom is 0.350 e. The molecule has 4 rings (SSSR count). The standard InChI is InChI=1S/C23H27ClN8O4S/c1-5-8-36-15-10-32(7-6-14(15)29-21(33)17-13(9-25)16(24)12(2)28-17)23-30-18(19(37-23)22(34)35-4)20-26-11-27-31(20)3/h11,14-15,28H,5-8,10H2,1-4H3,(H,29,33)/t14-,15+/m1/s1. The lowest BCUT2D eigenvalue weighted by Gasteiger charge is -2.38. The van der Waals surface area contributed by atoms with Gasteiger partial charge in [0.1, 0.15) is 34.2 Å². The van der Waals surface area contributed by atoms with E-state index in [0.717, 1.165) is 6.42 Å². The normalized spacial score (nSPS) is 17.5. The molecule has 0 aromatic carbocycles. The molecular weight excluding hydrogens is 520 g/mol. The van der Waals surface area contributed by atoms with Gasteiger partial charge in [-0.05, 0) is 19.8 Å². The molecule has 1 aliphatic rings. The van der Waals surface area contributed by atoms with Crippen LogP contribution in [0.3, 0.4) is 0 Å². The van der Waals surface area contributed by atoms with Gasteiger partial charge in [0, 0.05) is 32.4 Å². The number of thiazole rings is 1. The van der Waals surface area contributed by atoms with Crippen molar-refractivity contribution in [2.24, 2.45) is 7.05 Å². The molecule has 12 nitrogen and oxygen atoms in total. The first-order valence-electron chi connectivity index (χ1n) is 11.7. The highest BCUT2D eigenvalue weighted by Gasteiger charge is 2.35. The van der Waals surface area contributed by atoms with Crippen LogP contribution < -0.4 is 10.2 Å². The van der Waals surface area contributed by atoms with Gasteiger partial charge in [0.25, 0.3) is 5.91 Å². The van der Waals surface area contributed by atoms with Crippen LogP contribution >= 0.6 is 22.9 Å². The molecule has 3 aromatic rings. The van der Waals surface area contributed by atoms with Gasteiger partial charge in [0.2, 0.25) is 0 Å². The van der Waals surface area contributed by atoms with Gasteiger partial charge in [-0.2, -0.15) is 10.4 Å². The number of ether oxygens (including phenoxy) is 2. The first-order valence-corrected chi connectivity index (χ1v) is 12.9. The molecule has 2 atom stereocenters. The number of aromatic nitrogens is 5. The molecule has 0 saturated carbocycles. The molecule has 1 aliphatic heterocycles. The Morgan fingerprint density at radius 1 is 1.43 bits per heavy atom. The zero-order valence-electron chi connectivity index (χ0n) is 20.9. The predicted molar refractivity (Wildman–Crippen MR) is 137 cm³/mol. The number of carbonyl (C=O) groups excluding carboxylic acids is 2. The number of rotatable bonds is 8. The first kappa shape index (κ1) is 26.6. The van der Waals surface area contributed by atoms with E-state index in [0.29, 0.717) is 53.3 Å². The Bertz CT molecular complexity index is 1340. The maximum atomic E-state index is 13.1. The van der Waals surface area contributed by atoms with Gasteiger partial charge in [-0.15, -0.1) is 0 Å². The number of H-pyrrole nitrogens is 1. The van der Waals surface area contributed by atoms with Crippen molar-refractivity contribution in [3.05, 3.63) is 33.2 Å². The number of hydrogen-bond donors (Lipinski definition) is 2. The average Bonchev–Trinajstić information content (AvgIpc) is 3.60. The summed E-state index contributed by atoms with van der Waals surface area (Å²) in [5, 5.41) is 17.4. The quantitative estimate of drug-likeness (QED) is 0.406. The Balaban J connectivity index is 1.57. The van der Waals surface area contributed by atoms with Crippen molar-refractivity contribution < 1.29 is 19.1 Å². The van der Waals surface area contributed by atoms with Crippen molar-refractivity contribution in [3.8, 4) is 17.6 Å². The van der Waals surface area contributed by atoms with Gasteiger partial charge in [-0.3, -0.25) is 4.79 Å². The number of nitriles is 1. The summed E-state index contributed by atoms with van der Waals surface area (Å²) in [6.45, 7) is 5.22. The van der Waals surface area contributed by atoms with E-state index in [1.165, 1.54) is 24.8 Å². The number of aromatic amines is 1. The van der Waals surface area contributed by atoms with Crippen LogP contribution in [0.25, 0.3) is 11.5 Å². The SMILES string of the molecule is CCCO[C@H]1CN(c2nc(-c3ncnn3C)c(C(=O)OC)s2)CC[C@H]1NC(=O)c1[nH]c(C)c(Cl)c1C#N. The van der Waals surface area contributed by atoms with E-state index in [1.807, 2.05) is 17.9 Å². The Morgan fingerprint density at radius 2 is 2.22 bits per heavy atom. The molecular formula is C23H27ClN8O4S. The van der Waals surface area contributed by atoms with Crippen molar-refractivity contribution >= 4 is 39.9 Å². The summed E-state index contributed by atoms with van der Waals surface area (Å²) in [6.07, 6.45) is 2.41. The highest BCUT2D eigenvalue weighted by molar-refractivity contribution is 7.17. The molecule has 0 aliphatic carbocycles. The second-order valence-corrected chi connectivity index (χ2v) is 9.88. The number of esters is 1. The van der Waals surface area contributed by atoms with Crippen molar-refractivity contribution in [2.45, 2.75) is 38.8 Å². The number of halogens is 1. The largest absolute Gasteiger partial charge is 0.465 e. The number of amides is 1. The minimum atomic E-state index is -0.504. The summed E-state index contributed by atoms with van der Waals surface area (Å²) >= 11 is 7.38. The summed E-state index contributed by atoms with van der Waals surface area (Å²) in [6, 6.07) is 1.69. The van der Waals surface area contributed by atoms with Crippen LogP contribution in [0.5, 0.6) is 0 Å². The maximum absolute atomic E-state index is 13.1.